The monoisotopic (exact) mass is 838 g/mol. The third kappa shape index (κ3) is 4.76. The molecule has 4 heterocycles. The zero-order chi connectivity index (χ0) is 43.0. The third-order valence-electron chi connectivity index (χ3n) is 15.0. The highest BCUT2D eigenvalue weighted by atomic mass is 15.2. The topological polar surface area (TPSA) is 24.3 Å². The largest absolute Gasteiger partial charge is 0.311 e. The summed E-state index contributed by atoms with van der Waals surface area (Å²) in [5, 5.41) is 2.40. The first kappa shape index (κ1) is 36.0. The Morgan fingerprint density at radius 3 is 1.59 bits per heavy atom. The minimum atomic E-state index is 0.0409. The van der Waals surface area contributed by atoms with Crippen LogP contribution in [0.25, 0.3) is 38.6 Å². The molecular formula is C61H39BN4. The molecule has 306 valence electrons. The maximum absolute atomic E-state index is 4.59. The third-order valence-corrected chi connectivity index (χ3v) is 15.0. The minimum Gasteiger partial charge on any atom is -0.311 e. The van der Waals surface area contributed by atoms with E-state index in [0.717, 1.165) is 11.4 Å². The number of pyridine rings is 1. The molecule has 2 aliphatic heterocycles. The van der Waals surface area contributed by atoms with Gasteiger partial charge in [0.2, 0.25) is 0 Å². The van der Waals surface area contributed by atoms with E-state index in [-0.39, 0.29) is 18.5 Å². The average molecular weight is 839 g/mol. The SMILES string of the molecule is c1ccc(N2c3ccccc3B3c4ccccc4N(c4ccccc4)c4cc(-c5cccc6c5C5c7ccccc7C6c6c5cccc6-n5c6ccccc6c6cnccc65)cc2c43)cc1. The first-order valence-electron chi connectivity index (χ1n) is 23.1. The van der Waals surface area contributed by atoms with Gasteiger partial charge in [-0.2, -0.15) is 0 Å². The van der Waals surface area contributed by atoms with Gasteiger partial charge in [0.15, 0.2) is 0 Å². The van der Waals surface area contributed by atoms with Crippen molar-refractivity contribution in [2.45, 2.75) is 11.8 Å². The molecule has 0 N–H and O–H groups in total. The number of rotatable bonds is 4. The number of nitrogens with zero attached hydrogens (tertiary/aromatic N) is 4. The van der Waals surface area contributed by atoms with E-state index in [1.807, 2.05) is 12.4 Å². The summed E-state index contributed by atoms with van der Waals surface area (Å²) in [6.45, 7) is 0.0610. The van der Waals surface area contributed by atoms with Gasteiger partial charge in [0.1, 0.15) is 0 Å². The summed E-state index contributed by atoms with van der Waals surface area (Å²) in [6, 6.07) is 79.4. The Balaban J connectivity index is 1.02. The standard InChI is InChI=1S/C61H39BN4/c1-3-17-39(18-4-1)64-52-30-13-10-27-48(52)62-49-28-11-14-31-53(49)65(40-19-5-2-6-20-40)56-36-38(35-55(64)61(56)62)41-24-15-25-45-57(41)58-43-22-7-8-23-44(43)59(45)60-46(58)26-16-32-54(60)66-50-29-12-9-21-42(50)47-37-63-34-33-51(47)66/h1-37,58-59H. The van der Waals surface area contributed by atoms with E-state index in [0.29, 0.717) is 0 Å². The van der Waals surface area contributed by atoms with Gasteiger partial charge in [0.25, 0.3) is 6.71 Å². The van der Waals surface area contributed by atoms with Crippen LogP contribution in [0.2, 0.25) is 0 Å². The molecule has 0 saturated carbocycles. The van der Waals surface area contributed by atoms with Crippen LogP contribution in [0.5, 0.6) is 0 Å². The fraction of sp³-hybridized carbons (Fsp3) is 0.0328. The summed E-state index contributed by atoms with van der Waals surface area (Å²) < 4.78 is 2.49. The summed E-state index contributed by atoms with van der Waals surface area (Å²) >= 11 is 0. The van der Waals surface area contributed by atoms with E-state index in [4.69, 9.17) is 0 Å². The number of anilines is 6. The molecule has 3 aliphatic carbocycles. The molecule has 0 spiro atoms. The van der Waals surface area contributed by atoms with Crippen LogP contribution in [-0.4, -0.2) is 16.3 Å². The maximum atomic E-state index is 4.59. The molecule has 66 heavy (non-hydrogen) atoms. The van der Waals surface area contributed by atoms with E-state index < -0.39 is 0 Å². The van der Waals surface area contributed by atoms with E-state index >= 15 is 0 Å². The Hall–Kier alpha value is -8.41. The van der Waals surface area contributed by atoms with Crippen LogP contribution >= 0.6 is 0 Å². The fourth-order valence-corrected chi connectivity index (χ4v) is 12.6. The Morgan fingerprint density at radius 2 is 0.909 bits per heavy atom. The Morgan fingerprint density at radius 1 is 0.394 bits per heavy atom. The molecule has 0 saturated heterocycles. The van der Waals surface area contributed by atoms with Crippen LogP contribution in [0.15, 0.2) is 225 Å². The van der Waals surface area contributed by atoms with Crippen molar-refractivity contribution < 1.29 is 0 Å². The van der Waals surface area contributed by atoms with Crippen LogP contribution < -0.4 is 26.2 Å². The van der Waals surface area contributed by atoms with Crippen LogP contribution in [0.4, 0.5) is 34.1 Å². The molecule has 2 aromatic heterocycles. The maximum Gasteiger partial charge on any atom is 0.252 e. The Labute approximate surface area is 383 Å². The Kier molecular flexibility index (Phi) is 7.39. The lowest BCUT2D eigenvalue weighted by Crippen LogP contribution is -2.61. The lowest BCUT2D eigenvalue weighted by Gasteiger charge is -2.45. The van der Waals surface area contributed by atoms with E-state index in [1.165, 1.54) is 111 Å². The first-order chi connectivity index (χ1) is 32.8. The molecule has 2 bridgehead atoms. The zero-order valence-corrected chi connectivity index (χ0v) is 35.9. The van der Waals surface area contributed by atoms with Crippen molar-refractivity contribution in [3.63, 3.8) is 0 Å². The number of aromatic nitrogens is 2. The summed E-state index contributed by atoms with van der Waals surface area (Å²) in [7, 11) is 0. The molecule has 11 aromatic rings. The summed E-state index contributed by atoms with van der Waals surface area (Å²) in [6.07, 6.45) is 3.95. The van der Waals surface area contributed by atoms with Gasteiger partial charge in [-0.25, -0.2) is 0 Å². The van der Waals surface area contributed by atoms with Gasteiger partial charge < -0.3 is 14.4 Å². The van der Waals surface area contributed by atoms with Crippen molar-refractivity contribution in [1.82, 2.24) is 9.55 Å². The second-order valence-corrected chi connectivity index (χ2v) is 18.1. The quantitative estimate of drug-likeness (QED) is 0.165. The molecule has 0 amide bonds. The van der Waals surface area contributed by atoms with Crippen LogP contribution in [0.1, 0.15) is 45.2 Å². The number of fused-ring (bicyclic) bond motifs is 7. The van der Waals surface area contributed by atoms with Crippen molar-refractivity contribution in [3.8, 4) is 16.8 Å². The van der Waals surface area contributed by atoms with Gasteiger partial charge in [-0.15, -0.1) is 0 Å². The molecule has 2 unspecified atom stereocenters. The van der Waals surface area contributed by atoms with Gasteiger partial charge in [-0.3, -0.25) is 4.98 Å². The summed E-state index contributed by atoms with van der Waals surface area (Å²) in [4.78, 5) is 9.62. The number of hydrogen-bond acceptors (Lipinski definition) is 3. The highest BCUT2D eigenvalue weighted by Gasteiger charge is 2.46. The minimum absolute atomic E-state index is 0.0409. The second kappa shape index (κ2) is 13.6. The van der Waals surface area contributed by atoms with Crippen LogP contribution in [0.3, 0.4) is 0 Å². The van der Waals surface area contributed by atoms with Crippen molar-refractivity contribution in [3.05, 3.63) is 258 Å². The van der Waals surface area contributed by atoms with Crippen molar-refractivity contribution in [1.29, 1.82) is 0 Å². The predicted octanol–water partition coefficient (Wildman–Crippen LogP) is 12.9. The average Bonchev–Trinajstić information content (AvgIpc) is 3.72. The highest BCUT2D eigenvalue weighted by Crippen LogP contribution is 2.60. The van der Waals surface area contributed by atoms with Crippen LogP contribution in [-0.2, 0) is 0 Å². The second-order valence-electron chi connectivity index (χ2n) is 18.1. The van der Waals surface area contributed by atoms with Crippen molar-refractivity contribution in [2.24, 2.45) is 0 Å². The lowest BCUT2D eigenvalue weighted by molar-refractivity contribution is 0.750. The molecule has 2 atom stereocenters. The van der Waals surface area contributed by atoms with Gasteiger partial charge >= 0.3 is 0 Å². The molecule has 5 aliphatic rings. The van der Waals surface area contributed by atoms with E-state index in [2.05, 4.69) is 232 Å². The van der Waals surface area contributed by atoms with Gasteiger partial charge in [-0.1, -0.05) is 146 Å². The summed E-state index contributed by atoms with van der Waals surface area (Å²) in [5.74, 6) is 0.0882. The van der Waals surface area contributed by atoms with Gasteiger partial charge in [0.05, 0.1) is 16.7 Å². The van der Waals surface area contributed by atoms with Gasteiger partial charge in [0, 0.05) is 69.1 Å². The fourth-order valence-electron chi connectivity index (χ4n) is 12.6. The Bertz CT molecular complexity index is 3650. The number of para-hydroxylation sites is 5. The van der Waals surface area contributed by atoms with Crippen LogP contribution in [0, 0.1) is 0 Å². The van der Waals surface area contributed by atoms with E-state index in [1.54, 1.807) is 0 Å². The smallest absolute Gasteiger partial charge is 0.252 e. The normalized spacial score (nSPS) is 15.8. The highest BCUT2D eigenvalue weighted by molar-refractivity contribution is 7.00. The van der Waals surface area contributed by atoms with Gasteiger partial charge in [-0.05, 0) is 128 Å². The molecule has 0 radical (unpaired) electrons. The molecule has 5 heteroatoms. The van der Waals surface area contributed by atoms with Crippen molar-refractivity contribution in [2.75, 3.05) is 9.80 Å². The molecule has 4 nitrogen and oxygen atoms in total. The molecule has 0 fully saturated rings. The predicted molar refractivity (Wildman–Crippen MR) is 273 cm³/mol. The molecular weight excluding hydrogens is 800 g/mol. The number of benzene rings is 9. The zero-order valence-electron chi connectivity index (χ0n) is 35.9. The molecule has 16 rings (SSSR count). The summed E-state index contributed by atoms with van der Waals surface area (Å²) in [5.41, 5.74) is 25.6. The molecule has 9 aromatic carbocycles. The first-order valence-corrected chi connectivity index (χ1v) is 23.1. The van der Waals surface area contributed by atoms with Crippen molar-refractivity contribution >= 4 is 79.0 Å². The number of hydrogen-bond donors (Lipinski definition) is 0. The van der Waals surface area contributed by atoms with E-state index in [9.17, 15) is 0 Å². The lowest BCUT2D eigenvalue weighted by atomic mass is 9.33.